The van der Waals surface area contributed by atoms with Gasteiger partial charge in [0.25, 0.3) is 5.91 Å². The fourth-order valence-corrected chi connectivity index (χ4v) is 2.62. The van der Waals surface area contributed by atoms with Gasteiger partial charge in [0.1, 0.15) is 0 Å². The van der Waals surface area contributed by atoms with Crippen molar-refractivity contribution in [2.75, 3.05) is 11.9 Å². The third-order valence-electron chi connectivity index (χ3n) is 2.60. The monoisotopic (exact) mass is 291 g/mol. The van der Waals surface area contributed by atoms with E-state index in [4.69, 9.17) is 0 Å². The molecule has 2 rings (SSSR count). The summed E-state index contributed by atoms with van der Waals surface area (Å²) in [5.74, 6) is 0.173. The number of rotatable bonds is 4. The first kappa shape index (κ1) is 14.5. The van der Waals surface area contributed by atoms with Crippen LogP contribution in [0.3, 0.4) is 0 Å². The molecule has 2 N–H and O–H groups in total. The second-order valence-electron chi connectivity index (χ2n) is 4.99. The van der Waals surface area contributed by atoms with Gasteiger partial charge in [-0.15, -0.1) is 0 Å². The van der Waals surface area contributed by atoms with Crippen molar-refractivity contribution < 1.29 is 9.59 Å². The van der Waals surface area contributed by atoms with Crippen LogP contribution in [0.5, 0.6) is 0 Å². The van der Waals surface area contributed by atoms with E-state index in [1.807, 2.05) is 13.8 Å². The van der Waals surface area contributed by atoms with Crippen molar-refractivity contribution in [3.05, 3.63) is 23.8 Å². The lowest BCUT2D eigenvalue weighted by atomic mass is 10.2. The molecule has 0 atom stereocenters. The van der Waals surface area contributed by atoms with Gasteiger partial charge in [-0.1, -0.05) is 25.2 Å². The average molecular weight is 291 g/mol. The van der Waals surface area contributed by atoms with Gasteiger partial charge in [0.05, 0.1) is 10.2 Å². The smallest absolute Gasteiger partial charge is 0.251 e. The SMILES string of the molecule is CC(=O)Nc1nc2ccc(C(=O)NCC(C)C)cc2s1. The first-order valence-electron chi connectivity index (χ1n) is 6.42. The summed E-state index contributed by atoms with van der Waals surface area (Å²) in [5, 5.41) is 6.08. The molecule has 0 saturated heterocycles. The molecule has 1 heterocycles. The highest BCUT2D eigenvalue weighted by atomic mass is 32.1. The topological polar surface area (TPSA) is 71.1 Å². The number of carbonyl (C=O) groups excluding carboxylic acids is 2. The molecular formula is C14H17N3O2S. The molecule has 0 aliphatic heterocycles. The summed E-state index contributed by atoms with van der Waals surface area (Å²) in [7, 11) is 0. The summed E-state index contributed by atoms with van der Waals surface area (Å²) < 4.78 is 0.881. The van der Waals surface area contributed by atoms with Gasteiger partial charge in [0.2, 0.25) is 5.91 Å². The molecule has 0 radical (unpaired) electrons. The van der Waals surface area contributed by atoms with Gasteiger partial charge in [-0.2, -0.15) is 0 Å². The van der Waals surface area contributed by atoms with Crippen molar-refractivity contribution in [3.8, 4) is 0 Å². The summed E-state index contributed by atoms with van der Waals surface area (Å²) in [4.78, 5) is 27.3. The van der Waals surface area contributed by atoms with Crippen molar-refractivity contribution in [2.45, 2.75) is 20.8 Å². The number of carbonyl (C=O) groups is 2. The number of anilines is 1. The highest BCUT2D eigenvalue weighted by Gasteiger charge is 2.10. The first-order chi connectivity index (χ1) is 9.45. The van der Waals surface area contributed by atoms with Crippen molar-refractivity contribution >= 4 is 38.5 Å². The second-order valence-corrected chi connectivity index (χ2v) is 6.02. The number of fused-ring (bicyclic) bond motifs is 1. The van der Waals surface area contributed by atoms with Crippen LogP contribution < -0.4 is 10.6 Å². The van der Waals surface area contributed by atoms with Gasteiger partial charge in [-0.3, -0.25) is 9.59 Å². The minimum absolute atomic E-state index is 0.0879. The zero-order valence-electron chi connectivity index (χ0n) is 11.7. The summed E-state index contributed by atoms with van der Waals surface area (Å²) in [6.07, 6.45) is 0. The third kappa shape index (κ3) is 3.54. The largest absolute Gasteiger partial charge is 0.352 e. The van der Waals surface area contributed by atoms with E-state index < -0.39 is 0 Å². The minimum atomic E-state index is -0.154. The molecule has 2 amide bonds. The summed E-state index contributed by atoms with van der Waals surface area (Å²) in [6, 6.07) is 5.34. The average Bonchev–Trinajstić information content (AvgIpc) is 2.75. The Balaban J connectivity index is 2.20. The Labute approximate surface area is 121 Å². The molecule has 20 heavy (non-hydrogen) atoms. The summed E-state index contributed by atoms with van der Waals surface area (Å²) in [5.41, 5.74) is 1.38. The molecule has 1 aromatic heterocycles. The highest BCUT2D eigenvalue weighted by Crippen LogP contribution is 2.26. The maximum absolute atomic E-state index is 12.0. The van der Waals surface area contributed by atoms with Gasteiger partial charge in [0, 0.05) is 19.0 Å². The van der Waals surface area contributed by atoms with Gasteiger partial charge < -0.3 is 10.6 Å². The standard InChI is InChI=1S/C14H17N3O2S/c1-8(2)7-15-13(19)10-4-5-11-12(6-10)20-14(17-11)16-9(3)18/h4-6,8H,7H2,1-3H3,(H,15,19)(H,16,17,18). The van der Waals surface area contributed by atoms with E-state index in [0.717, 1.165) is 10.2 Å². The van der Waals surface area contributed by atoms with Crippen molar-refractivity contribution in [1.82, 2.24) is 10.3 Å². The number of thiazole rings is 1. The van der Waals surface area contributed by atoms with E-state index in [-0.39, 0.29) is 11.8 Å². The maximum atomic E-state index is 12.0. The number of nitrogens with one attached hydrogen (secondary N) is 2. The van der Waals surface area contributed by atoms with Gasteiger partial charge in [-0.25, -0.2) is 4.98 Å². The van der Waals surface area contributed by atoms with Crippen LogP contribution in [0, 0.1) is 5.92 Å². The number of amides is 2. The van der Waals surface area contributed by atoms with Crippen LogP contribution in [0.2, 0.25) is 0 Å². The van der Waals surface area contributed by atoms with Gasteiger partial charge in [0.15, 0.2) is 5.13 Å². The Morgan fingerprint density at radius 3 is 2.75 bits per heavy atom. The van der Waals surface area contributed by atoms with E-state index in [1.165, 1.54) is 18.3 Å². The number of benzene rings is 1. The van der Waals surface area contributed by atoms with E-state index in [1.54, 1.807) is 18.2 Å². The van der Waals surface area contributed by atoms with E-state index in [9.17, 15) is 9.59 Å². The molecule has 0 bridgehead atoms. The van der Waals surface area contributed by atoms with Crippen LogP contribution in [0.25, 0.3) is 10.2 Å². The molecule has 0 aliphatic rings. The number of nitrogens with zero attached hydrogens (tertiary/aromatic N) is 1. The molecule has 1 aromatic carbocycles. The predicted octanol–water partition coefficient (Wildman–Crippen LogP) is 2.64. The third-order valence-corrected chi connectivity index (χ3v) is 3.54. The molecule has 2 aromatic rings. The molecular weight excluding hydrogens is 274 g/mol. The van der Waals surface area contributed by atoms with Crippen molar-refractivity contribution in [3.63, 3.8) is 0 Å². The normalized spacial score (nSPS) is 10.8. The fourth-order valence-electron chi connectivity index (χ4n) is 1.67. The molecule has 0 saturated carbocycles. The van der Waals surface area contributed by atoms with Crippen LogP contribution in [0.15, 0.2) is 18.2 Å². The van der Waals surface area contributed by atoms with Crippen LogP contribution in [0.4, 0.5) is 5.13 Å². The molecule has 0 unspecified atom stereocenters. The van der Waals surface area contributed by atoms with Crippen molar-refractivity contribution in [1.29, 1.82) is 0 Å². The Bertz CT molecular complexity index is 649. The zero-order valence-corrected chi connectivity index (χ0v) is 12.5. The molecule has 6 heteroatoms. The van der Waals surface area contributed by atoms with Crippen LogP contribution >= 0.6 is 11.3 Å². The Kier molecular flexibility index (Phi) is 4.34. The van der Waals surface area contributed by atoms with Gasteiger partial charge >= 0.3 is 0 Å². The Morgan fingerprint density at radius 2 is 2.10 bits per heavy atom. The zero-order chi connectivity index (χ0) is 14.7. The number of aromatic nitrogens is 1. The number of hydrogen-bond donors (Lipinski definition) is 2. The van der Waals surface area contributed by atoms with E-state index in [2.05, 4.69) is 15.6 Å². The Morgan fingerprint density at radius 1 is 1.35 bits per heavy atom. The fraction of sp³-hybridized carbons (Fsp3) is 0.357. The van der Waals surface area contributed by atoms with Gasteiger partial charge in [-0.05, 0) is 24.1 Å². The Hall–Kier alpha value is -1.95. The van der Waals surface area contributed by atoms with Crippen LogP contribution in [-0.2, 0) is 4.79 Å². The van der Waals surface area contributed by atoms with E-state index >= 15 is 0 Å². The molecule has 0 fully saturated rings. The molecule has 0 spiro atoms. The lowest BCUT2D eigenvalue weighted by Crippen LogP contribution is -2.27. The summed E-state index contributed by atoms with van der Waals surface area (Å²) >= 11 is 1.36. The summed E-state index contributed by atoms with van der Waals surface area (Å²) in [6.45, 7) is 6.19. The highest BCUT2D eigenvalue weighted by molar-refractivity contribution is 7.22. The first-order valence-corrected chi connectivity index (χ1v) is 7.23. The second kappa shape index (κ2) is 6.00. The number of hydrogen-bond acceptors (Lipinski definition) is 4. The van der Waals surface area contributed by atoms with E-state index in [0.29, 0.717) is 23.2 Å². The van der Waals surface area contributed by atoms with Crippen LogP contribution in [-0.4, -0.2) is 23.3 Å². The lowest BCUT2D eigenvalue weighted by molar-refractivity contribution is -0.114. The molecule has 106 valence electrons. The lowest BCUT2D eigenvalue weighted by Gasteiger charge is -2.07. The maximum Gasteiger partial charge on any atom is 0.251 e. The minimum Gasteiger partial charge on any atom is -0.352 e. The molecule has 0 aliphatic carbocycles. The van der Waals surface area contributed by atoms with Crippen LogP contribution in [0.1, 0.15) is 31.1 Å². The molecule has 5 nitrogen and oxygen atoms in total. The van der Waals surface area contributed by atoms with Crippen molar-refractivity contribution in [2.24, 2.45) is 5.92 Å². The quantitative estimate of drug-likeness (QED) is 0.909. The predicted molar refractivity (Wildman–Crippen MR) is 81.1 cm³/mol.